The smallest absolute Gasteiger partial charge is 0.191 e. The lowest BCUT2D eigenvalue weighted by atomic mass is 10.4. The van der Waals surface area contributed by atoms with Gasteiger partial charge in [-0.1, -0.05) is 24.6 Å². The van der Waals surface area contributed by atoms with Gasteiger partial charge in [-0.05, 0) is 12.8 Å². The van der Waals surface area contributed by atoms with E-state index < -0.39 is 0 Å². The van der Waals surface area contributed by atoms with Crippen LogP contribution in [0.25, 0.3) is 0 Å². The molecule has 1 heterocycles. The van der Waals surface area contributed by atoms with E-state index in [4.69, 9.17) is 5.11 Å². The summed E-state index contributed by atoms with van der Waals surface area (Å²) in [5.74, 6) is 0.644. The van der Waals surface area contributed by atoms with Gasteiger partial charge in [-0.2, -0.15) is 0 Å². The molecule has 78 valence electrons. The molecule has 0 spiro atoms. The summed E-state index contributed by atoms with van der Waals surface area (Å²) in [6, 6.07) is 0. The van der Waals surface area contributed by atoms with Gasteiger partial charge in [-0.25, -0.2) is 0 Å². The van der Waals surface area contributed by atoms with Gasteiger partial charge in [-0.15, -0.1) is 10.2 Å². The van der Waals surface area contributed by atoms with Crippen molar-refractivity contribution in [2.24, 2.45) is 7.05 Å². The highest BCUT2D eigenvalue weighted by molar-refractivity contribution is 7.99. The van der Waals surface area contributed by atoms with Gasteiger partial charge >= 0.3 is 0 Å². The molecule has 1 aliphatic carbocycles. The molecular formula is C9H15N3OS. The molecule has 2 rings (SSSR count). The number of aromatic nitrogens is 3. The number of rotatable bonds is 3. The second-order valence-corrected chi connectivity index (χ2v) is 4.91. The second kappa shape index (κ2) is 4.31. The first-order valence-corrected chi connectivity index (χ1v) is 5.85. The van der Waals surface area contributed by atoms with Crippen LogP contribution >= 0.6 is 11.8 Å². The van der Waals surface area contributed by atoms with Crippen LogP contribution in [0.2, 0.25) is 0 Å². The molecule has 0 aliphatic heterocycles. The Morgan fingerprint density at radius 3 is 2.71 bits per heavy atom. The summed E-state index contributed by atoms with van der Waals surface area (Å²) in [6.07, 6.45) is 5.24. The molecule has 14 heavy (non-hydrogen) atoms. The molecule has 1 N–H and O–H groups in total. The lowest BCUT2D eigenvalue weighted by Crippen LogP contribution is -2.01. The maximum atomic E-state index is 8.96. The van der Waals surface area contributed by atoms with Crippen LogP contribution in [0.5, 0.6) is 0 Å². The minimum absolute atomic E-state index is 0.0330. The molecule has 1 saturated carbocycles. The van der Waals surface area contributed by atoms with Crippen LogP contribution < -0.4 is 0 Å². The molecule has 1 aromatic heterocycles. The summed E-state index contributed by atoms with van der Waals surface area (Å²) in [7, 11) is 1.91. The molecule has 0 atom stereocenters. The van der Waals surface area contributed by atoms with Crippen molar-refractivity contribution in [1.82, 2.24) is 14.8 Å². The van der Waals surface area contributed by atoms with Crippen LogP contribution in [0.4, 0.5) is 0 Å². The fourth-order valence-electron chi connectivity index (χ4n) is 1.74. The number of aliphatic hydroxyl groups is 1. The Hall–Kier alpha value is -0.550. The Bertz CT molecular complexity index is 307. The molecule has 1 aliphatic rings. The molecular weight excluding hydrogens is 198 g/mol. The van der Waals surface area contributed by atoms with Crippen molar-refractivity contribution in [3.8, 4) is 0 Å². The molecule has 5 heteroatoms. The zero-order chi connectivity index (χ0) is 9.97. The predicted octanol–water partition coefficient (Wildman–Crippen LogP) is 1.34. The van der Waals surface area contributed by atoms with E-state index in [2.05, 4.69) is 10.2 Å². The van der Waals surface area contributed by atoms with Crippen LogP contribution in [-0.4, -0.2) is 25.1 Å². The van der Waals surface area contributed by atoms with Gasteiger partial charge in [0.2, 0.25) is 0 Å². The monoisotopic (exact) mass is 213 g/mol. The van der Waals surface area contributed by atoms with Crippen molar-refractivity contribution in [2.45, 2.75) is 42.7 Å². The maximum Gasteiger partial charge on any atom is 0.191 e. The highest BCUT2D eigenvalue weighted by Gasteiger charge is 2.19. The Morgan fingerprint density at radius 1 is 1.43 bits per heavy atom. The first kappa shape index (κ1) is 9.98. The fourth-order valence-corrected chi connectivity index (χ4v) is 2.96. The first-order valence-electron chi connectivity index (χ1n) is 4.97. The van der Waals surface area contributed by atoms with E-state index in [1.54, 1.807) is 11.8 Å². The van der Waals surface area contributed by atoms with Gasteiger partial charge in [0.1, 0.15) is 6.61 Å². The Balaban J connectivity index is 2.04. The summed E-state index contributed by atoms with van der Waals surface area (Å²) in [6.45, 7) is -0.0330. The van der Waals surface area contributed by atoms with E-state index in [9.17, 15) is 0 Å². The number of hydrogen-bond acceptors (Lipinski definition) is 4. The fraction of sp³-hybridized carbons (Fsp3) is 0.778. The Morgan fingerprint density at radius 2 is 2.14 bits per heavy atom. The average molecular weight is 213 g/mol. The molecule has 0 unspecified atom stereocenters. The minimum Gasteiger partial charge on any atom is -0.388 e. The summed E-state index contributed by atoms with van der Waals surface area (Å²) in [5, 5.41) is 18.6. The van der Waals surface area contributed by atoms with E-state index in [-0.39, 0.29) is 6.61 Å². The summed E-state index contributed by atoms with van der Waals surface area (Å²) < 4.78 is 1.88. The van der Waals surface area contributed by atoms with E-state index in [0.29, 0.717) is 11.1 Å². The van der Waals surface area contributed by atoms with Crippen LogP contribution in [0, 0.1) is 0 Å². The molecule has 0 amide bonds. The van der Waals surface area contributed by atoms with E-state index in [1.807, 2.05) is 11.6 Å². The maximum absolute atomic E-state index is 8.96. The largest absolute Gasteiger partial charge is 0.388 e. The van der Waals surface area contributed by atoms with E-state index in [0.717, 1.165) is 5.16 Å². The van der Waals surface area contributed by atoms with Gasteiger partial charge in [0.05, 0.1) is 0 Å². The van der Waals surface area contributed by atoms with Crippen LogP contribution in [0.15, 0.2) is 5.16 Å². The SMILES string of the molecule is Cn1c(CO)nnc1SC1CCCC1. The summed E-state index contributed by atoms with van der Waals surface area (Å²) in [5.41, 5.74) is 0. The third-order valence-corrected chi connectivity index (χ3v) is 4.01. The third-order valence-electron chi connectivity index (χ3n) is 2.64. The van der Waals surface area contributed by atoms with Crippen molar-refractivity contribution < 1.29 is 5.11 Å². The zero-order valence-corrected chi connectivity index (χ0v) is 9.13. The average Bonchev–Trinajstić information content (AvgIpc) is 2.79. The van der Waals surface area contributed by atoms with E-state index in [1.165, 1.54) is 25.7 Å². The highest BCUT2D eigenvalue weighted by Crippen LogP contribution is 2.33. The quantitative estimate of drug-likeness (QED) is 0.823. The third kappa shape index (κ3) is 1.93. The van der Waals surface area contributed by atoms with Crippen LogP contribution in [0.1, 0.15) is 31.5 Å². The lowest BCUT2D eigenvalue weighted by Gasteiger charge is -2.07. The molecule has 1 fully saturated rings. The topological polar surface area (TPSA) is 50.9 Å². The van der Waals surface area contributed by atoms with Crippen molar-refractivity contribution in [2.75, 3.05) is 0 Å². The number of aliphatic hydroxyl groups excluding tert-OH is 1. The van der Waals surface area contributed by atoms with Crippen molar-refractivity contribution in [3.05, 3.63) is 5.82 Å². The number of hydrogen-bond donors (Lipinski definition) is 1. The summed E-state index contributed by atoms with van der Waals surface area (Å²) >= 11 is 1.79. The minimum atomic E-state index is -0.0330. The first-order chi connectivity index (χ1) is 6.81. The normalized spacial score (nSPS) is 17.9. The lowest BCUT2D eigenvalue weighted by molar-refractivity contribution is 0.266. The Labute approximate surface area is 87.7 Å². The number of thioether (sulfide) groups is 1. The molecule has 0 bridgehead atoms. The van der Waals surface area contributed by atoms with Gasteiger partial charge in [0, 0.05) is 12.3 Å². The summed E-state index contributed by atoms with van der Waals surface area (Å²) in [4.78, 5) is 0. The second-order valence-electron chi connectivity index (χ2n) is 3.64. The van der Waals surface area contributed by atoms with Crippen molar-refractivity contribution in [1.29, 1.82) is 0 Å². The molecule has 4 nitrogen and oxygen atoms in total. The van der Waals surface area contributed by atoms with Crippen molar-refractivity contribution in [3.63, 3.8) is 0 Å². The van der Waals surface area contributed by atoms with E-state index >= 15 is 0 Å². The van der Waals surface area contributed by atoms with Crippen LogP contribution in [0.3, 0.4) is 0 Å². The number of nitrogens with zero attached hydrogens (tertiary/aromatic N) is 3. The van der Waals surface area contributed by atoms with Gasteiger partial charge in [0.15, 0.2) is 11.0 Å². The van der Waals surface area contributed by atoms with Gasteiger partial charge < -0.3 is 9.67 Å². The highest BCUT2D eigenvalue weighted by atomic mass is 32.2. The van der Waals surface area contributed by atoms with Gasteiger partial charge in [0.25, 0.3) is 0 Å². The molecule has 0 saturated heterocycles. The zero-order valence-electron chi connectivity index (χ0n) is 8.31. The standard InChI is InChI=1S/C9H15N3OS/c1-12-8(6-13)10-11-9(12)14-7-4-2-3-5-7/h7,13H,2-6H2,1H3. The molecule has 0 radical (unpaired) electrons. The molecule has 0 aromatic carbocycles. The predicted molar refractivity (Wildman–Crippen MR) is 55.0 cm³/mol. The van der Waals surface area contributed by atoms with Crippen molar-refractivity contribution >= 4 is 11.8 Å². The molecule has 1 aromatic rings. The Kier molecular flexibility index (Phi) is 3.08. The van der Waals surface area contributed by atoms with Crippen LogP contribution in [-0.2, 0) is 13.7 Å². The van der Waals surface area contributed by atoms with Gasteiger partial charge in [-0.3, -0.25) is 0 Å².